The molecule has 0 bridgehead atoms. The van der Waals surface area contributed by atoms with Crippen LogP contribution in [0.25, 0.3) is 5.65 Å². The van der Waals surface area contributed by atoms with Crippen LogP contribution in [0.5, 0.6) is 0 Å². The van der Waals surface area contributed by atoms with Gasteiger partial charge in [0.15, 0.2) is 5.65 Å². The Bertz CT molecular complexity index is 741. The van der Waals surface area contributed by atoms with E-state index in [-0.39, 0.29) is 11.8 Å². The molecule has 7 nitrogen and oxygen atoms in total. The highest BCUT2D eigenvalue weighted by Crippen LogP contribution is 2.21. The van der Waals surface area contributed by atoms with Gasteiger partial charge in [-0.25, -0.2) is 9.50 Å². The first-order valence-corrected chi connectivity index (χ1v) is 9.50. The predicted molar refractivity (Wildman–Crippen MR) is 95.7 cm³/mol. The van der Waals surface area contributed by atoms with E-state index in [1.54, 1.807) is 10.7 Å². The maximum atomic E-state index is 12.8. The molecule has 2 saturated heterocycles. The van der Waals surface area contributed by atoms with Gasteiger partial charge in [0.2, 0.25) is 5.91 Å². The molecule has 4 heterocycles. The van der Waals surface area contributed by atoms with Gasteiger partial charge in [-0.3, -0.25) is 4.79 Å². The zero-order valence-corrected chi connectivity index (χ0v) is 15.0. The molecule has 2 aliphatic heterocycles. The molecule has 0 aromatic carbocycles. The minimum atomic E-state index is 0.255. The largest absolute Gasteiger partial charge is 0.381 e. The van der Waals surface area contributed by atoms with Crippen molar-refractivity contribution in [3.05, 3.63) is 30.2 Å². The molecule has 140 valence electrons. The lowest BCUT2D eigenvalue weighted by molar-refractivity contribution is -0.133. The summed E-state index contributed by atoms with van der Waals surface area (Å²) < 4.78 is 13.0. The molecule has 7 heteroatoms. The Morgan fingerprint density at radius 2 is 2.04 bits per heavy atom. The summed E-state index contributed by atoms with van der Waals surface area (Å²) in [5.41, 5.74) is 1.85. The van der Waals surface area contributed by atoms with Crippen molar-refractivity contribution in [2.75, 3.05) is 39.5 Å². The molecule has 2 aromatic heterocycles. The van der Waals surface area contributed by atoms with Crippen molar-refractivity contribution in [2.45, 2.75) is 25.7 Å². The van der Waals surface area contributed by atoms with Gasteiger partial charge in [-0.05, 0) is 37.3 Å². The second-order valence-electron chi connectivity index (χ2n) is 7.30. The number of ether oxygens (including phenoxy) is 2. The maximum absolute atomic E-state index is 12.8. The van der Waals surface area contributed by atoms with E-state index in [1.807, 2.05) is 23.2 Å². The molecule has 0 radical (unpaired) electrons. The monoisotopic (exact) mass is 358 g/mol. The first kappa shape index (κ1) is 17.4. The fourth-order valence-electron chi connectivity index (χ4n) is 3.82. The number of hydrogen-bond acceptors (Lipinski definition) is 5. The zero-order valence-electron chi connectivity index (χ0n) is 15.0. The molecular formula is C19H26N4O3. The van der Waals surface area contributed by atoms with E-state index >= 15 is 0 Å². The number of imidazole rings is 1. The minimum absolute atomic E-state index is 0.255. The van der Waals surface area contributed by atoms with Crippen molar-refractivity contribution < 1.29 is 14.3 Å². The van der Waals surface area contributed by atoms with Crippen molar-refractivity contribution in [3.8, 4) is 0 Å². The molecule has 1 unspecified atom stereocenters. The van der Waals surface area contributed by atoms with E-state index in [0.29, 0.717) is 32.1 Å². The number of rotatable bonds is 4. The van der Waals surface area contributed by atoms with Crippen molar-refractivity contribution in [1.82, 2.24) is 19.5 Å². The first-order chi connectivity index (χ1) is 12.8. The van der Waals surface area contributed by atoms with Crippen molar-refractivity contribution >= 4 is 11.6 Å². The number of carbonyl (C=O) groups excluding carboxylic acids is 1. The molecule has 2 fully saturated rings. The molecule has 0 aliphatic carbocycles. The standard InChI is InChI=1S/C19H26N4O3/c24-19(12-15-3-8-25-9-4-15)22-7-10-26-14-16(13-22)11-17-1-2-18-20-5-6-23(18)21-17/h1-2,5-6,15-16H,3-4,7-14H2. The molecule has 2 aromatic rings. The van der Waals surface area contributed by atoms with E-state index in [1.165, 1.54) is 0 Å². The predicted octanol–water partition coefficient (Wildman–Crippen LogP) is 1.56. The van der Waals surface area contributed by atoms with Crippen LogP contribution >= 0.6 is 0 Å². The Balaban J connectivity index is 1.37. The summed E-state index contributed by atoms with van der Waals surface area (Å²) in [6.07, 6.45) is 7.02. The van der Waals surface area contributed by atoms with E-state index in [9.17, 15) is 4.79 Å². The summed E-state index contributed by atoms with van der Waals surface area (Å²) in [6, 6.07) is 4.00. The van der Waals surface area contributed by atoms with E-state index < -0.39 is 0 Å². The molecular weight excluding hydrogens is 332 g/mol. The van der Waals surface area contributed by atoms with Crippen LogP contribution in [-0.4, -0.2) is 64.9 Å². The van der Waals surface area contributed by atoms with Crippen LogP contribution in [0.3, 0.4) is 0 Å². The highest BCUT2D eigenvalue weighted by atomic mass is 16.5. The van der Waals surface area contributed by atoms with Gasteiger partial charge in [-0.1, -0.05) is 0 Å². The number of fused-ring (bicyclic) bond motifs is 1. The van der Waals surface area contributed by atoms with Gasteiger partial charge in [-0.15, -0.1) is 0 Å². The van der Waals surface area contributed by atoms with Gasteiger partial charge in [-0.2, -0.15) is 5.10 Å². The van der Waals surface area contributed by atoms with Crippen LogP contribution < -0.4 is 0 Å². The fraction of sp³-hybridized carbons (Fsp3) is 0.632. The average molecular weight is 358 g/mol. The summed E-state index contributed by atoms with van der Waals surface area (Å²) in [4.78, 5) is 19.0. The molecule has 0 N–H and O–H groups in total. The van der Waals surface area contributed by atoms with Crippen molar-refractivity contribution in [1.29, 1.82) is 0 Å². The van der Waals surface area contributed by atoms with Gasteiger partial charge in [0.25, 0.3) is 0 Å². The number of carbonyl (C=O) groups is 1. The number of amides is 1. The molecule has 1 atom stereocenters. The Morgan fingerprint density at radius 1 is 1.15 bits per heavy atom. The third-order valence-electron chi connectivity index (χ3n) is 5.30. The highest BCUT2D eigenvalue weighted by Gasteiger charge is 2.26. The fourth-order valence-corrected chi connectivity index (χ4v) is 3.82. The molecule has 2 aliphatic rings. The van der Waals surface area contributed by atoms with Crippen molar-refractivity contribution in [2.24, 2.45) is 11.8 Å². The third-order valence-corrected chi connectivity index (χ3v) is 5.30. The molecule has 1 amide bonds. The summed E-state index contributed by atoms with van der Waals surface area (Å²) in [5.74, 6) is 0.985. The van der Waals surface area contributed by atoms with Gasteiger partial charge in [0, 0.05) is 51.0 Å². The minimum Gasteiger partial charge on any atom is -0.381 e. The summed E-state index contributed by atoms with van der Waals surface area (Å²) in [7, 11) is 0. The Kier molecular flexibility index (Phi) is 5.45. The van der Waals surface area contributed by atoms with Gasteiger partial charge < -0.3 is 14.4 Å². The quantitative estimate of drug-likeness (QED) is 0.830. The lowest BCUT2D eigenvalue weighted by Crippen LogP contribution is -2.38. The van der Waals surface area contributed by atoms with Crippen LogP contribution in [0.15, 0.2) is 24.5 Å². The second-order valence-corrected chi connectivity index (χ2v) is 7.30. The van der Waals surface area contributed by atoms with Crippen LogP contribution in [0.1, 0.15) is 25.0 Å². The molecule has 0 saturated carbocycles. The summed E-state index contributed by atoms with van der Waals surface area (Å²) >= 11 is 0. The second kappa shape index (κ2) is 8.14. The molecule has 0 spiro atoms. The smallest absolute Gasteiger partial charge is 0.222 e. The zero-order chi connectivity index (χ0) is 17.8. The van der Waals surface area contributed by atoms with Crippen LogP contribution in [0, 0.1) is 11.8 Å². The Morgan fingerprint density at radius 3 is 2.92 bits per heavy atom. The number of aromatic nitrogens is 3. The van der Waals surface area contributed by atoms with E-state index in [0.717, 1.165) is 50.4 Å². The Labute approximate surface area is 153 Å². The topological polar surface area (TPSA) is 69.0 Å². The van der Waals surface area contributed by atoms with E-state index in [2.05, 4.69) is 10.1 Å². The molecule has 4 rings (SSSR count). The van der Waals surface area contributed by atoms with Crippen LogP contribution in [0.4, 0.5) is 0 Å². The first-order valence-electron chi connectivity index (χ1n) is 9.50. The summed E-state index contributed by atoms with van der Waals surface area (Å²) in [6.45, 7) is 4.28. The lowest BCUT2D eigenvalue weighted by Gasteiger charge is -2.27. The third kappa shape index (κ3) is 4.22. The SMILES string of the molecule is O=C(CC1CCOCC1)N1CCOCC(Cc2ccc3nccn3n2)C1. The summed E-state index contributed by atoms with van der Waals surface area (Å²) in [5, 5.41) is 4.60. The normalized spacial score (nSPS) is 22.5. The average Bonchev–Trinajstić information content (AvgIpc) is 3.00. The number of hydrogen-bond donors (Lipinski definition) is 0. The highest BCUT2D eigenvalue weighted by molar-refractivity contribution is 5.76. The van der Waals surface area contributed by atoms with Crippen LogP contribution in [-0.2, 0) is 20.7 Å². The van der Waals surface area contributed by atoms with Gasteiger partial charge in [0.05, 0.1) is 18.9 Å². The maximum Gasteiger partial charge on any atom is 0.222 e. The van der Waals surface area contributed by atoms with E-state index in [4.69, 9.17) is 9.47 Å². The van der Waals surface area contributed by atoms with Crippen LogP contribution in [0.2, 0.25) is 0 Å². The molecule has 26 heavy (non-hydrogen) atoms. The van der Waals surface area contributed by atoms with Gasteiger partial charge in [0.1, 0.15) is 0 Å². The lowest BCUT2D eigenvalue weighted by atomic mass is 9.95. The number of nitrogens with zero attached hydrogens (tertiary/aromatic N) is 4. The Hall–Kier alpha value is -1.99. The van der Waals surface area contributed by atoms with Crippen molar-refractivity contribution in [3.63, 3.8) is 0 Å². The van der Waals surface area contributed by atoms with Gasteiger partial charge >= 0.3 is 0 Å².